The van der Waals surface area contributed by atoms with Crippen molar-refractivity contribution in [1.82, 2.24) is 20.9 Å². The first-order valence-corrected chi connectivity index (χ1v) is 13.7. The third-order valence-corrected chi connectivity index (χ3v) is 6.85. The average molecular weight is 599 g/mol. The molecule has 1 heterocycles. The van der Waals surface area contributed by atoms with E-state index in [1.807, 2.05) is 0 Å². The maximum atomic E-state index is 13.5. The van der Waals surface area contributed by atoms with Crippen LogP contribution < -0.4 is 16.0 Å². The van der Waals surface area contributed by atoms with Crippen LogP contribution in [-0.2, 0) is 19.2 Å². The summed E-state index contributed by atoms with van der Waals surface area (Å²) in [6.45, 7) is 6.42. The summed E-state index contributed by atoms with van der Waals surface area (Å²) in [6.07, 6.45) is -4.38. The van der Waals surface area contributed by atoms with E-state index in [4.69, 9.17) is 5.11 Å². The van der Waals surface area contributed by atoms with Crippen LogP contribution in [0.2, 0.25) is 0 Å². The number of alkyl halides is 3. The zero-order chi connectivity index (χ0) is 31.8. The molecule has 3 atom stereocenters. The lowest BCUT2D eigenvalue weighted by molar-refractivity contribution is -0.175. The molecule has 0 radical (unpaired) electrons. The summed E-state index contributed by atoms with van der Waals surface area (Å²) in [5.74, 6) is -6.83. The number of halogens is 3. The molecular weight excluding hydrogens is 561 g/mol. The predicted molar refractivity (Wildman–Crippen MR) is 144 cm³/mol. The number of rotatable bonds is 13. The van der Waals surface area contributed by atoms with Crippen LogP contribution in [0.4, 0.5) is 13.2 Å². The van der Waals surface area contributed by atoms with Crippen molar-refractivity contribution in [2.75, 3.05) is 13.1 Å². The van der Waals surface area contributed by atoms with Gasteiger partial charge in [0.25, 0.3) is 17.6 Å². The summed E-state index contributed by atoms with van der Waals surface area (Å²) in [5, 5.41) is 16.1. The van der Waals surface area contributed by atoms with Crippen LogP contribution in [0.1, 0.15) is 74.1 Å². The highest BCUT2D eigenvalue weighted by Gasteiger charge is 2.46. The molecule has 4 N–H and O–H groups in total. The summed E-state index contributed by atoms with van der Waals surface area (Å²) in [5.41, 5.74) is 0.394. The standard InChI is InChI=1S/C28H37F3N4O7/c1-15(2)21(23(38)28(29,30)31)33-26(41)19-7-6-14-35(19)27(42)22(16(3)4)34-25(40)18-11-9-17(10-12-18)24(39)32-13-5-8-20(36)37/h9-12,15-16,19,21-22H,5-8,13-14H2,1-4H3,(H,32,39)(H,33,41)(H,34,40)(H,36,37)/t19-,21?,22-/m0/s1. The van der Waals surface area contributed by atoms with Crippen LogP contribution in [0.3, 0.4) is 0 Å². The highest BCUT2D eigenvalue weighted by atomic mass is 19.4. The quantitative estimate of drug-likeness (QED) is 0.253. The fraction of sp³-hybridized carbons (Fsp3) is 0.571. The highest BCUT2D eigenvalue weighted by molar-refractivity contribution is 6.00. The van der Waals surface area contributed by atoms with E-state index < -0.39 is 71.5 Å². The van der Waals surface area contributed by atoms with E-state index in [1.54, 1.807) is 13.8 Å². The molecule has 0 aromatic heterocycles. The van der Waals surface area contributed by atoms with Gasteiger partial charge in [0, 0.05) is 30.6 Å². The second-order valence-corrected chi connectivity index (χ2v) is 10.8. The van der Waals surface area contributed by atoms with Crippen LogP contribution in [0.15, 0.2) is 24.3 Å². The number of Topliss-reactive ketones (excluding diaryl/α,β-unsaturated/α-hetero) is 1. The highest BCUT2D eigenvalue weighted by Crippen LogP contribution is 2.24. The molecule has 11 nitrogen and oxygen atoms in total. The number of benzene rings is 1. The van der Waals surface area contributed by atoms with Crippen LogP contribution in [-0.4, -0.2) is 82.8 Å². The van der Waals surface area contributed by atoms with E-state index >= 15 is 0 Å². The molecule has 0 bridgehead atoms. The Kier molecular flexibility index (Phi) is 12.0. The van der Waals surface area contributed by atoms with Gasteiger partial charge in [0.15, 0.2) is 0 Å². The van der Waals surface area contributed by atoms with E-state index in [1.165, 1.54) is 43.0 Å². The minimum absolute atomic E-state index is 0.0891. The molecule has 1 aliphatic rings. The molecule has 1 fully saturated rings. The minimum Gasteiger partial charge on any atom is -0.481 e. The molecule has 1 saturated heterocycles. The van der Waals surface area contributed by atoms with E-state index in [-0.39, 0.29) is 43.5 Å². The van der Waals surface area contributed by atoms with Crippen molar-refractivity contribution in [2.45, 2.75) is 77.7 Å². The fourth-order valence-corrected chi connectivity index (χ4v) is 4.50. The van der Waals surface area contributed by atoms with Gasteiger partial charge in [-0.1, -0.05) is 27.7 Å². The van der Waals surface area contributed by atoms with Crippen LogP contribution in [0, 0.1) is 11.8 Å². The molecule has 0 aliphatic carbocycles. The molecule has 1 aliphatic heterocycles. The number of likely N-dealkylation sites (tertiary alicyclic amines) is 1. The summed E-state index contributed by atoms with van der Waals surface area (Å²) >= 11 is 0. The number of hydrogen-bond acceptors (Lipinski definition) is 6. The molecule has 0 saturated carbocycles. The Morgan fingerprint density at radius 1 is 0.905 bits per heavy atom. The number of amides is 4. The monoisotopic (exact) mass is 598 g/mol. The topological polar surface area (TPSA) is 162 Å². The van der Waals surface area contributed by atoms with Gasteiger partial charge in [-0.25, -0.2) is 0 Å². The van der Waals surface area contributed by atoms with Gasteiger partial charge in [-0.15, -0.1) is 0 Å². The van der Waals surface area contributed by atoms with Gasteiger partial charge < -0.3 is 26.0 Å². The Labute approximate surface area is 241 Å². The molecule has 232 valence electrons. The lowest BCUT2D eigenvalue weighted by atomic mass is 9.98. The number of carbonyl (C=O) groups is 6. The van der Waals surface area contributed by atoms with Crippen molar-refractivity contribution < 1.29 is 47.0 Å². The number of nitrogens with one attached hydrogen (secondary N) is 3. The number of carboxylic acid groups (broad SMARTS) is 1. The minimum atomic E-state index is -5.13. The molecule has 1 aromatic carbocycles. The third-order valence-electron chi connectivity index (χ3n) is 6.85. The molecule has 1 aromatic rings. The van der Waals surface area contributed by atoms with E-state index in [2.05, 4.69) is 16.0 Å². The Bertz CT molecular complexity index is 1170. The zero-order valence-corrected chi connectivity index (χ0v) is 23.9. The van der Waals surface area contributed by atoms with Gasteiger partial charge in [0.1, 0.15) is 12.1 Å². The molecule has 1 unspecified atom stereocenters. The normalized spacial score (nSPS) is 16.6. The first-order chi connectivity index (χ1) is 19.5. The molecule has 42 heavy (non-hydrogen) atoms. The SMILES string of the molecule is CC(C)C(NC(=O)[C@@H]1CCCN1C(=O)[C@@H](NC(=O)c1ccc(C(=O)NCCCC(=O)O)cc1)C(C)C)C(=O)C(F)(F)F. The van der Waals surface area contributed by atoms with Crippen LogP contribution >= 0.6 is 0 Å². The Morgan fingerprint density at radius 2 is 1.45 bits per heavy atom. The second-order valence-electron chi connectivity index (χ2n) is 10.8. The lowest BCUT2D eigenvalue weighted by Gasteiger charge is -2.32. The largest absolute Gasteiger partial charge is 0.481 e. The number of carboxylic acids is 1. The van der Waals surface area contributed by atoms with Gasteiger partial charge in [0.05, 0.1) is 6.04 Å². The molecule has 0 spiro atoms. The third kappa shape index (κ3) is 9.28. The number of ketones is 1. The maximum absolute atomic E-state index is 13.5. The van der Waals surface area contributed by atoms with E-state index in [0.29, 0.717) is 6.42 Å². The number of nitrogens with zero attached hydrogens (tertiary/aromatic N) is 1. The van der Waals surface area contributed by atoms with Gasteiger partial charge in [-0.05, 0) is 55.4 Å². The Morgan fingerprint density at radius 3 is 1.95 bits per heavy atom. The lowest BCUT2D eigenvalue weighted by Crippen LogP contribution is -2.58. The van der Waals surface area contributed by atoms with Crippen molar-refractivity contribution in [3.63, 3.8) is 0 Å². The van der Waals surface area contributed by atoms with Crippen molar-refractivity contribution in [2.24, 2.45) is 11.8 Å². The van der Waals surface area contributed by atoms with Crippen molar-refractivity contribution >= 4 is 35.4 Å². The summed E-state index contributed by atoms with van der Waals surface area (Å²) < 4.78 is 39.2. The first-order valence-electron chi connectivity index (χ1n) is 13.7. The predicted octanol–water partition coefficient (Wildman–Crippen LogP) is 2.30. The fourth-order valence-electron chi connectivity index (χ4n) is 4.50. The number of hydrogen-bond donors (Lipinski definition) is 4. The Balaban J connectivity index is 2.09. The summed E-state index contributed by atoms with van der Waals surface area (Å²) in [6, 6.07) is 1.61. The van der Waals surface area contributed by atoms with Gasteiger partial charge in [-0.3, -0.25) is 28.8 Å². The van der Waals surface area contributed by atoms with Crippen LogP contribution in [0.5, 0.6) is 0 Å². The summed E-state index contributed by atoms with van der Waals surface area (Å²) in [7, 11) is 0. The van der Waals surface area contributed by atoms with Crippen LogP contribution in [0.25, 0.3) is 0 Å². The van der Waals surface area contributed by atoms with Gasteiger partial charge in [-0.2, -0.15) is 13.2 Å². The Hall–Kier alpha value is -3.97. The molecule has 14 heteroatoms. The summed E-state index contributed by atoms with van der Waals surface area (Å²) in [4.78, 5) is 75.3. The molecule has 2 rings (SSSR count). The second kappa shape index (κ2) is 14.8. The van der Waals surface area contributed by atoms with E-state index in [9.17, 15) is 41.9 Å². The molecule has 4 amide bonds. The first kappa shape index (κ1) is 34.2. The van der Waals surface area contributed by atoms with Crippen molar-refractivity contribution in [3.05, 3.63) is 35.4 Å². The smallest absolute Gasteiger partial charge is 0.452 e. The zero-order valence-electron chi connectivity index (χ0n) is 23.9. The number of carbonyl (C=O) groups excluding carboxylic acids is 5. The van der Waals surface area contributed by atoms with E-state index in [0.717, 1.165) is 0 Å². The van der Waals surface area contributed by atoms with Gasteiger partial charge in [0.2, 0.25) is 11.8 Å². The molecular formula is C28H37F3N4O7. The van der Waals surface area contributed by atoms with Gasteiger partial charge >= 0.3 is 12.1 Å². The van der Waals surface area contributed by atoms with Crippen molar-refractivity contribution in [1.29, 1.82) is 0 Å². The maximum Gasteiger partial charge on any atom is 0.452 e. The number of aliphatic carboxylic acids is 1. The average Bonchev–Trinajstić information content (AvgIpc) is 3.41. The van der Waals surface area contributed by atoms with Crippen molar-refractivity contribution in [3.8, 4) is 0 Å².